The highest BCUT2D eigenvalue weighted by Gasteiger charge is 2.11. The fourth-order valence-corrected chi connectivity index (χ4v) is 2.46. The fourth-order valence-electron chi connectivity index (χ4n) is 1.47. The highest BCUT2D eigenvalue weighted by molar-refractivity contribution is 9.10. The first-order valence-electron chi connectivity index (χ1n) is 5.47. The Morgan fingerprint density at radius 3 is 2.71 bits per heavy atom. The van der Waals surface area contributed by atoms with Crippen molar-refractivity contribution in [3.8, 4) is 0 Å². The van der Waals surface area contributed by atoms with Gasteiger partial charge in [-0.15, -0.1) is 0 Å². The SMILES string of the molecule is CS(=O)(=O)Nc1cc(F)ccc1Nc1nc(Cl)ncc1Br. The first-order valence-corrected chi connectivity index (χ1v) is 8.53. The van der Waals surface area contributed by atoms with Crippen molar-refractivity contribution >= 4 is 54.7 Å². The zero-order chi connectivity index (χ0) is 15.6. The second kappa shape index (κ2) is 6.12. The standard InChI is InChI=1S/C11H9BrClFN4O2S/c1-21(19,20)18-9-4-6(14)2-3-8(9)16-10-7(12)5-15-11(13)17-10/h2-5,18H,1H3,(H,15,16,17). The molecule has 0 saturated heterocycles. The van der Waals surface area contributed by atoms with Crippen molar-refractivity contribution in [3.63, 3.8) is 0 Å². The number of hydrogen-bond donors (Lipinski definition) is 2. The summed E-state index contributed by atoms with van der Waals surface area (Å²) in [5, 5.41) is 2.87. The van der Waals surface area contributed by atoms with Crippen LogP contribution < -0.4 is 10.0 Å². The van der Waals surface area contributed by atoms with Crippen LogP contribution in [0.3, 0.4) is 0 Å². The van der Waals surface area contributed by atoms with E-state index in [4.69, 9.17) is 11.6 Å². The Labute approximate surface area is 133 Å². The molecule has 0 aliphatic heterocycles. The number of aromatic nitrogens is 2. The second-order valence-corrected chi connectivity index (χ2v) is 6.97. The lowest BCUT2D eigenvalue weighted by atomic mass is 10.2. The van der Waals surface area contributed by atoms with E-state index in [1.807, 2.05) is 0 Å². The quantitative estimate of drug-likeness (QED) is 0.777. The van der Waals surface area contributed by atoms with E-state index in [9.17, 15) is 12.8 Å². The molecule has 6 nitrogen and oxygen atoms in total. The van der Waals surface area contributed by atoms with Crippen LogP contribution in [0.1, 0.15) is 0 Å². The van der Waals surface area contributed by atoms with Gasteiger partial charge in [-0.3, -0.25) is 4.72 Å². The summed E-state index contributed by atoms with van der Waals surface area (Å²) < 4.78 is 38.7. The molecular weight excluding hydrogens is 387 g/mol. The molecule has 1 heterocycles. The van der Waals surface area contributed by atoms with Gasteiger partial charge < -0.3 is 5.32 Å². The number of hydrogen-bond acceptors (Lipinski definition) is 5. The number of anilines is 3. The van der Waals surface area contributed by atoms with Gasteiger partial charge in [0, 0.05) is 12.3 Å². The van der Waals surface area contributed by atoms with Gasteiger partial charge >= 0.3 is 0 Å². The van der Waals surface area contributed by atoms with E-state index in [0.717, 1.165) is 12.3 Å². The number of benzene rings is 1. The van der Waals surface area contributed by atoms with Gasteiger partial charge in [0.2, 0.25) is 15.3 Å². The minimum atomic E-state index is -3.55. The third-order valence-electron chi connectivity index (χ3n) is 2.24. The molecule has 0 amide bonds. The van der Waals surface area contributed by atoms with E-state index in [-0.39, 0.29) is 11.0 Å². The maximum Gasteiger partial charge on any atom is 0.229 e. The monoisotopic (exact) mass is 394 g/mol. The van der Waals surface area contributed by atoms with Crippen LogP contribution in [0.25, 0.3) is 0 Å². The van der Waals surface area contributed by atoms with Gasteiger partial charge in [0.25, 0.3) is 0 Å². The third kappa shape index (κ3) is 4.51. The van der Waals surface area contributed by atoms with Crippen LogP contribution in [-0.4, -0.2) is 24.6 Å². The lowest BCUT2D eigenvalue weighted by Gasteiger charge is -2.13. The lowest BCUT2D eigenvalue weighted by Crippen LogP contribution is -2.11. The molecular formula is C11H9BrClFN4O2S. The summed E-state index contributed by atoms with van der Waals surface area (Å²) in [6, 6.07) is 3.62. The van der Waals surface area contributed by atoms with Crippen LogP contribution in [0.2, 0.25) is 5.28 Å². The molecule has 0 aliphatic rings. The summed E-state index contributed by atoms with van der Waals surface area (Å²) in [7, 11) is -3.55. The van der Waals surface area contributed by atoms with E-state index in [1.54, 1.807) is 0 Å². The minimum absolute atomic E-state index is 0.0143. The van der Waals surface area contributed by atoms with Crippen LogP contribution in [0.4, 0.5) is 21.6 Å². The van der Waals surface area contributed by atoms with Gasteiger partial charge in [-0.25, -0.2) is 17.8 Å². The van der Waals surface area contributed by atoms with E-state index >= 15 is 0 Å². The Balaban J connectivity index is 2.42. The molecule has 0 radical (unpaired) electrons. The van der Waals surface area contributed by atoms with Crippen molar-refractivity contribution < 1.29 is 12.8 Å². The molecule has 0 aliphatic carbocycles. The maximum atomic E-state index is 13.3. The number of halogens is 3. The zero-order valence-corrected chi connectivity index (χ0v) is 13.7. The van der Waals surface area contributed by atoms with Gasteiger partial charge in [-0.05, 0) is 39.7 Å². The number of nitrogens with zero attached hydrogens (tertiary/aromatic N) is 2. The van der Waals surface area contributed by atoms with Crippen molar-refractivity contribution in [2.45, 2.75) is 0 Å². The van der Waals surface area contributed by atoms with Gasteiger partial charge in [-0.2, -0.15) is 4.98 Å². The Morgan fingerprint density at radius 1 is 1.33 bits per heavy atom. The topological polar surface area (TPSA) is 84.0 Å². The average molecular weight is 396 g/mol. The number of nitrogens with one attached hydrogen (secondary N) is 2. The molecule has 1 aromatic heterocycles. The van der Waals surface area contributed by atoms with E-state index in [1.165, 1.54) is 18.3 Å². The van der Waals surface area contributed by atoms with Gasteiger partial charge in [0.15, 0.2) is 0 Å². The molecule has 0 spiro atoms. The Bertz CT molecular complexity index is 788. The molecule has 21 heavy (non-hydrogen) atoms. The van der Waals surface area contributed by atoms with Crippen molar-refractivity contribution in [3.05, 3.63) is 40.0 Å². The average Bonchev–Trinajstić information content (AvgIpc) is 2.35. The first kappa shape index (κ1) is 15.9. The Hall–Kier alpha value is -1.45. The maximum absolute atomic E-state index is 13.3. The van der Waals surface area contributed by atoms with Crippen molar-refractivity contribution in [1.29, 1.82) is 0 Å². The number of rotatable bonds is 4. The first-order chi connectivity index (χ1) is 9.74. The molecule has 1 aromatic carbocycles. The summed E-state index contributed by atoms with van der Waals surface area (Å²) in [6.45, 7) is 0. The van der Waals surface area contributed by atoms with Crippen molar-refractivity contribution in [1.82, 2.24) is 9.97 Å². The smallest absolute Gasteiger partial charge is 0.229 e. The van der Waals surface area contributed by atoms with Crippen LogP contribution in [0.15, 0.2) is 28.9 Å². The van der Waals surface area contributed by atoms with Gasteiger partial charge in [-0.1, -0.05) is 0 Å². The van der Waals surface area contributed by atoms with Crippen molar-refractivity contribution in [2.75, 3.05) is 16.3 Å². The van der Waals surface area contributed by atoms with Gasteiger partial charge in [0.1, 0.15) is 11.6 Å². The van der Waals surface area contributed by atoms with E-state index in [2.05, 4.69) is 35.9 Å². The summed E-state index contributed by atoms with van der Waals surface area (Å²) in [4.78, 5) is 7.73. The minimum Gasteiger partial charge on any atom is -0.337 e. The highest BCUT2D eigenvalue weighted by Crippen LogP contribution is 2.30. The summed E-state index contributed by atoms with van der Waals surface area (Å²) in [6.07, 6.45) is 2.41. The van der Waals surface area contributed by atoms with Crippen LogP contribution >= 0.6 is 27.5 Å². The highest BCUT2D eigenvalue weighted by atomic mass is 79.9. The molecule has 0 fully saturated rings. The molecule has 112 valence electrons. The Kier molecular flexibility index (Phi) is 4.64. The van der Waals surface area contributed by atoms with E-state index < -0.39 is 15.8 Å². The molecule has 0 atom stereocenters. The van der Waals surface area contributed by atoms with Crippen molar-refractivity contribution in [2.24, 2.45) is 0 Å². The molecule has 0 bridgehead atoms. The fraction of sp³-hybridized carbons (Fsp3) is 0.0909. The second-order valence-electron chi connectivity index (χ2n) is 4.02. The molecule has 2 N–H and O–H groups in total. The van der Waals surface area contributed by atoms with Crippen LogP contribution in [0, 0.1) is 5.82 Å². The summed E-state index contributed by atoms with van der Waals surface area (Å²) in [5.41, 5.74) is 0.372. The largest absolute Gasteiger partial charge is 0.337 e. The normalized spacial score (nSPS) is 11.2. The summed E-state index contributed by atoms with van der Waals surface area (Å²) in [5.74, 6) is -0.260. The van der Waals surface area contributed by atoms with Crippen LogP contribution in [0.5, 0.6) is 0 Å². The predicted octanol–water partition coefficient (Wildman–Crippen LogP) is 3.15. The Morgan fingerprint density at radius 2 is 2.05 bits per heavy atom. The van der Waals surface area contributed by atoms with Crippen LogP contribution in [-0.2, 0) is 10.0 Å². The lowest BCUT2D eigenvalue weighted by molar-refractivity contribution is 0.606. The third-order valence-corrected chi connectivity index (χ3v) is 3.60. The molecule has 2 rings (SSSR count). The summed E-state index contributed by atoms with van der Waals surface area (Å²) >= 11 is 8.93. The van der Waals surface area contributed by atoms with Gasteiger partial charge in [0.05, 0.1) is 22.1 Å². The molecule has 0 saturated carbocycles. The number of sulfonamides is 1. The molecule has 2 aromatic rings. The molecule has 10 heteroatoms. The van der Waals surface area contributed by atoms with E-state index in [0.29, 0.717) is 16.0 Å². The predicted molar refractivity (Wildman–Crippen MR) is 82.9 cm³/mol. The molecule has 0 unspecified atom stereocenters. The zero-order valence-electron chi connectivity index (χ0n) is 10.6.